The molecule has 1 aromatic carbocycles. The summed E-state index contributed by atoms with van der Waals surface area (Å²) in [4.78, 5) is 14.1. The van der Waals surface area contributed by atoms with Gasteiger partial charge in [-0.3, -0.25) is 9.69 Å². The normalized spacial score (nSPS) is 20.3. The number of aryl methyl sites for hydroxylation is 1. The van der Waals surface area contributed by atoms with Gasteiger partial charge in [-0.05, 0) is 50.9 Å². The highest BCUT2D eigenvalue weighted by molar-refractivity contribution is 5.92. The quantitative estimate of drug-likeness (QED) is 0.910. The molecule has 4 heteroatoms. The summed E-state index contributed by atoms with van der Waals surface area (Å²) in [5.41, 5.74) is 1.11. The Labute approximate surface area is 113 Å². The number of nitrogens with zero attached hydrogens (tertiary/aromatic N) is 1. The minimum absolute atomic E-state index is 0.142. The zero-order valence-electron chi connectivity index (χ0n) is 11.6. The lowest BCUT2D eigenvalue weighted by molar-refractivity contribution is -0.118. The number of rotatable bonds is 3. The predicted molar refractivity (Wildman–Crippen MR) is 74.7 cm³/mol. The highest BCUT2D eigenvalue weighted by Crippen LogP contribution is 2.18. The second kappa shape index (κ2) is 6.15. The summed E-state index contributed by atoms with van der Waals surface area (Å²) in [5.74, 6) is -0.517. The number of hydrogen-bond donors (Lipinski definition) is 1. The van der Waals surface area contributed by atoms with Crippen molar-refractivity contribution in [2.24, 2.45) is 0 Å². The maximum Gasteiger partial charge on any atom is 0.238 e. The number of halogens is 1. The number of benzene rings is 1. The fraction of sp³-hybridized carbons (Fsp3) is 0.533. The van der Waals surface area contributed by atoms with Crippen LogP contribution in [-0.2, 0) is 4.79 Å². The number of amides is 1. The van der Waals surface area contributed by atoms with Crippen LogP contribution in [0.15, 0.2) is 18.2 Å². The second-order valence-electron chi connectivity index (χ2n) is 5.35. The summed E-state index contributed by atoms with van der Waals surface area (Å²) in [6.45, 7) is 5.25. The van der Waals surface area contributed by atoms with Gasteiger partial charge in [0.1, 0.15) is 5.82 Å². The van der Waals surface area contributed by atoms with Crippen molar-refractivity contribution in [2.45, 2.75) is 39.2 Å². The molecule has 0 unspecified atom stereocenters. The van der Waals surface area contributed by atoms with Gasteiger partial charge in [0.2, 0.25) is 5.91 Å². The maximum absolute atomic E-state index is 13.6. The van der Waals surface area contributed by atoms with Crippen molar-refractivity contribution in [3.05, 3.63) is 29.6 Å². The minimum atomic E-state index is -0.375. The lowest BCUT2D eigenvalue weighted by Gasteiger charge is -2.32. The Kier molecular flexibility index (Phi) is 4.53. The Morgan fingerprint density at radius 2 is 2.26 bits per heavy atom. The summed E-state index contributed by atoms with van der Waals surface area (Å²) in [6, 6.07) is 5.27. The second-order valence-corrected chi connectivity index (χ2v) is 5.35. The minimum Gasteiger partial charge on any atom is -0.322 e. The van der Waals surface area contributed by atoms with E-state index < -0.39 is 0 Å². The van der Waals surface area contributed by atoms with E-state index in [9.17, 15) is 9.18 Å². The van der Waals surface area contributed by atoms with Crippen molar-refractivity contribution < 1.29 is 9.18 Å². The molecule has 3 nitrogen and oxygen atoms in total. The molecule has 1 amide bonds. The smallest absolute Gasteiger partial charge is 0.238 e. The molecule has 0 bridgehead atoms. The maximum atomic E-state index is 13.6. The van der Waals surface area contributed by atoms with Crippen molar-refractivity contribution in [3.63, 3.8) is 0 Å². The molecule has 1 N–H and O–H groups in total. The first kappa shape index (κ1) is 14.0. The summed E-state index contributed by atoms with van der Waals surface area (Å²) < 4.78 is 13.6. The molecular weight excluding hydrogens is 243 g/mol. The van der Waals surface area contributed by atoms with Gasteiger partial charge in [0, 0.05) is 6.04 Å². The van der Waals surface area contributed by atoms with Gasteiger partial charge >= 0.3 is 0 Å². The van der Waals surface area contributed by atoms with Crippen LogP contribution in [0.5, 0.6) is 0 Å². The molecule has 1 aliphatic heterocycles. The lowest BCUT2D eigenvalue weighted by atomic mass is 10.0. The molecule has 0 saturated carbocycles. The third-order valence-electron chi connectivity index (χ3n) is 3.69. The van der Waals surface area contributed by atoms with E-state index in [0.29, 0.717) is 12.6 Å². The highest BCUT2D eigenvalue weighted by atomic mass is 19.1. The zero-order chi connectivity index (χ0) is 13.8. The van der Waals surface area contributed by atoms with E-state index in [0.717, 1.165) is 24.9 Å². The largest absolute Gasteiger partial charge is 0.322 e. The lowest BCUT2D eigenvalue weighted by Crippen LogP contribution is -2.42. The van der Waals surface area contributed by atoms with Gasteiger partial charge in [-0.2, -0.15) is 0 Å². The van der Waals surface area contributed by atoms with Crippen molar-refractivity contribution in [1.29, 1.82) is 0 Å². The fourth-order valence-corrected chi connectivity index (χ4v) is 2.49. The average Bonchev–Trinajstić information content (AvgIpc) is 2.36. The van der Waals surface area contributed by atoms with E-state index in [2.05, 4.69) is 17.1 Å². The summed E-state index contributed by atoms with van der Waals surface area (Å²) in [7, 11) is 0. The number of carbonyl (C=O) groups is 1. The van der Waals surface area contributed by atoms with Crippen LogP contribution in [0.2, 0.25) is 0 Å². The predicted octanol–water partition coefficient (Wildman–Crippen LogP) is 2.95. The topological polar surface area (TPSA) is 32.3 Å². The molecule has 0 aromatic heterocycles. The van der Waals surface area contributed by atoms with Gasteiger partial charge in [-0.25, -0.2) is 4.39 Å². The standard InChI is InChI=1S/C15H21FN2O/c1-11-6-7-14(13(16)9-11)17-15(19)10-18-8-4-3-5-12(18)2/h6-7,9,12H,3-5,8,10H2,1-2H3,(H,17,19)/t12-/m0/s1. The van der Waals surface area contributed by atoms with E-state index in [1.54, 1.807) is 12.1 Å². The van der Waals surface area contributed by atoms with Crippen LogP contribution in [0, 0.1) is 12.7 Å². The third kappa shape index (κ3) is 3.77. The average molecular weight is 264 g/mol. The molecule has 1 fully saturated rings. The van der Waals surface area contributed by atoms with Crippen LogP contribution in [0.3, 0.4) is 0 Å². The number of piperidine rings is 1. The summed E-state index contributed by atoms with van der Waals surface area (Å²) in [6.07, 6.45) is 3.49. The number of nitrogens with one attached hydrogen (secondary N) is 1. The Morgan fingerprint density at radius 3 is 2.95 bits per heavy atom. The van der Waals surface area contributed by atoms with E-state index in [4.69, 9.17) is 0 Å². The van der Waals surface area contributed by atoms with Crippen molar-refractivity contribution in [3.8, 4) is 0 Å². The van der Waals surface area contributed by atoms with Gasteiger partial charge in [0.25, 0.3) is 0 Å². The molecule has 1 heterocycles. The highest BCUT2D eigenvalue weighted by Gasteiger charge is 2.20. The van der Waals surface area contributed by atoms with Gasteiger partial charge in [0.15, 0.2) is 0 Å². The molecule has 0 spiro atoms. The molecule has 2 rings (SSSR count). The van der Waals surface area contributed by atoms with Gasteiger partial charge in [-0.1, -0.05) is 12.5 Å². The first-order chi connectivity index (χ1) is 9.06. The SMILES string of the molecule is Cc1ccc(NC(=O)CN2CCCC[C@@H]2C)c(F)c1. The number of anilines is 1. The monoisotopic (exact) mass is 264 g/mol. The van der Waals surface area contributed by atoms with Gasteiger partial charge in [-0.15, -0.1) is 0 Å². The van der Waals surface area contributed by atoms with Crippen molar-refractivity contribution in [2.75, 3.05) is 18.4 Å². The number of likely N-dealkylation sites (tertiary alicyclic amines) is 1. The molecule has 0 aliphatic carbocycles. The number of hydrogen-bond acceptors (Lipinski definition) is 2. The molecule has 19 heavy (non-hydrogen) atoms. The van der Waals surface area contributed by atoms with Gasteiger partial charge in [0.05, 0.1) is 12.2 Å². The molecular formula is C15H21FN2O. The van der Waals surface area contributed by atoms with Crippen LogP contribution < -0.4 is 5.32 Å². The Hall–Kier alpha value is -1.42. The van der Waals surface area contributed by atoms with Crippen LogP contribution >= 0.6 is 0 Å². The number of carbonyl (C=O) groups excluding carboxylic acids is 1. The van der Waals surface area contributed by atoms with Crippen LogP contribution in [0.1, 0.15) is 31.7 Å². The van der Waals surface area contributed by atoms with Crippen LogP contribution in [0.25, 0.3) is 0 Å². The first-order valence-corrected chi connectivity index (χ1v) is 6.86. The Morgan fingerprint density at radius 1 is 1.47 bits per heavy atom. The van der Waals surface area contributed by atoms with E-state index >= 15 is 0 Å². The van der Waals surface area contributed by atoms with Gasteiger partial charge < -0.3 is 5.32 Å². The van der Waals surface area contributed by atoms with E-state index in [-0.39, 0.29) is 17.4 Å². The molecule has 0 radical (unpaired) electrons. The first-order valence-electron chi connectivity index (χ1n) is 6.86. The van der Waals surface area contributed by atoms with E-state index in [1.165, 1.54) is 12.5 Å². The van der Waals surface area contributed by atoms with Crippen LogP contribution in [0.4, 0.5) is 10.1 Å². The third-order valence-corrected chi connectivity index (χ3v) is 3.69. The molecule has 1 saturated heterocycles. The zero-order valence-corrected chi connectivity index (χ0v) is 11.6. The van der Waals surface area contributed by atoms with Crippen LogP contribution in [-0.4, -0.2) is 29.9 Å². The summed E-state index contributed by atoms with van der Waals surface area (Å²) in [5, 5.41) is 2.65. The molecule has 104 valence electrons. The molecule has 1 aliphatic rings. The molecule has 1 atom stereocenters. The Balaban J connectivity index is 1.93. The summed E-state index contributed by atoms with van der Waals surface area (Å²) >= 11 is 0. The van der Waals surface area contributed by atoms with E-state index in [1.807, 2.05) is 6.92 Å². The fourth-order valence-electron chi connectivity index (χ4n) is 2.49. The van der Waals surface area contributed by atoms with Crippen molar-refractivity contribution in [1.82, 2.24) is 4.90 Å². The Bertz CT molecular complexity index is 461. The molecule has 1 aromatic rings. The van der Waals surface area contributed by atoms with Crippen molar-refractivity contribution >= 4 is 11.6 Å².